The molecule has 1 saturated carbocycles. The molecule has 25 heavy (non-hydrogen) atoms. The molecule has 5 nitrogen and oxygen atoms in total. The number of nitrogens with one attached hydrogen (secondary N) is 1. The molecule has 1 aromatic heterocycles. The molecular formula is C19H23ClN2O3. The number of carbonyl (C=O) groups is 1. The lowest BCUT2D eigenvalue weighted by atomic mass is 9.86. The van der Waals surface area contributed by atoms with Gasteiger partial charge >= 0.3 is 0 Å². The maximum atomic E-state index is 12.7. The lowest BCUT2D eigenvalue weighted by Crippen LogP contribution is -2.41. The molecule has 2 atom stereocenters. The Bertz CT molecular complexity index is 744. The van der Waals surface area contributed by atoms with Crippen LogP contribution >= 0.6 is 11.6 Å². The van der Waals surface area contributed by atoms with Crippen molar-refractivity contribution in [1.82, 2.24) is 10.5 Å². The maximum Gasteiger partial charge on any atom is 0.274 e. The summed E-state index contributed by atoms with van der Waals surface area (Å²) in [5.74, 6) is 1.42. The summed E-state index contributed by atoms with van der Waals surface area (Å²) in [6.07, 6.45) is 4.53. The van der Waals surface area contributed by atoms with E-state index in [0.29, 0.717) is 33.7 Å². The number of halogens is 1. The number of amides is 1. The number of nitrogens with zero attached hydrogens (tertiary/aromatic N) is 1. The van der Waals surface area contributed by atoms with Crippen molar-refractivity contribution in [3.63, 3.8) is 0 Å². The number of benzene rings is 1. The number of hydrogen-bond donors (Lipinski definition) is 1. The van der Waals surface area contributed by atoms with Gasteiger partial charge in [0.2, 0.25) is 0 Å². The second-order valence-electron chi connectivity index (χ2n) is 6.63. The van der Waals surface area contributed by atoms with Crippen LogP contribution in [0.5, 0.6) is 5.75 Å². The quantitative estimate of drug-likeness (QED) is 0.849. The van der Waals surface area contributed by atoms with Gasteiger partial charge in [-0.05, 0) is 37.8 Å². The molecule has 2 aromatic rings. The van der Waals surface area contributed by atoms with Crippen LogP contribution in [0.2, 0.25) is 5.02 Å². The van der Waals surface area contributed by atoms with Crippen molar-refractivity contribution in [2.45, 2.75) is 52.2 Å². The second-order valence-corrected chi connectivity index (χ2v) is 7.03. The molecule has 3 rings (SSSR count). The van der Waals surface area contributed by atoms with E-state index in [4.69, 9.17) is 20.9 Å². The van der Waals surface area contributed by atoms with E-state index in [2.05, 4.69) is 17.4 Å². The molecule has 1 aliphatic rings. The van der Waals surface area contributed by atoms with Crippen LogP contribution in [0.4, 0.5) is 0 Å². The number of rotatable bonds is 5. The van der Waals surface area contributed by atoms with Gasteiger partial charge in [-0.2, -0.15) is 0 Å². The lowest BCUT2D eigenvalue weighted by Gasteiger charge is -2.29. The first-order chi connectivity index (χ1) is 12.1. The van der Waals surface area contributed by atoms with Gasteiger partial charge in [-0.3, -0.25) is 4.79 Å². The molecule has 1 N–H and O–H groups in total. The molecule has 0 radical (unpaired) electrons. The van der Waals surface area contributed by atoms with E-state index in [1.165, 1.54) is 6.42 Å². The van der Waals surface area contributed by atoms with Crippen molar-refractivity contribution >= 4 is 17.5 Å². The Labute approximate surface area is 152 Å². The van der Waals surface area contributed by atoms with Crippen molar-refractivity contribution in [3.05, 3.63) is 46.3 Å². The predicted octanol–water partition coefficient (Wildman–Crippen LogP) is 4.52. The summed E-state index contributed by atoms with van der Waals surface area (Å²) in [5.41, 5.74) is 0.947. The van der Waals surface area contributed by atoms with Gasteiger partial charge in [0.1, 0.15) is 18.1 Å². The molecule has 6 heteroatoms. The minimum Gasteiger partial charge on any atom is -0.487 e. The number of hydrogen-bond acceptors (Lipinski definition) is 4. The topological polar surface area (TPSA) is 64.4 Å². The smallest absolute Gasteiger partial charge is 0.274 e. The van der Waals surface area contributed by atoms with Crippen LogP contribution in [0, 0.1) is 12.8 Å². The Balaban J connectivity index is 1.70. The summed E-state index contributed by atoms with van der Waals surface area (Å²) >= 11 is 6.11. The average Bonchev–Trinajstić information content (AvgIpc) is 2.97. The molecule has 134 valence electrons. The van der Waals surface area contributed by atoms with Gasteiger partial charge in [0.05, 0.1) is 10.6 Å². The first-order valence-corrected chi connectivity index (χ1v) is 9.07. The van der Waals surface area contributed by atoms with Crippen LogP contribution in [-0.4, -0.2) is 17.1 Å². The first-order valence-electron chi connectivity index (χ1n) is 8.69. The number of carbonyl (C=O) groups excluding carboxylic acids is 1. The lowest BCUT2D eigenvalue weighted by molar-refractivity contribution is 0.0899. The highest BCUT2D eigenvalue weighted by molar-refractivity contribution is 6.32. The van der Waals surface area contributed by atoms with Crippen LogP contribution in [0.3, 0.4) is 0 Å². The fourth-order valence-electron chi connectivity index (χ4n) is 3.22. The molecule has 1 fully saturated rings. The SMILES string of the molecule is Cc1onc(C(=O)NC2CCCCC2C)c1COc1ccccc1Cl. The fraction of sp³-hybridized carbons (Fsp3) is 0.474. The summed E-state index contributed by atoms with van der Waals surface area (Å²) in [6.45, 7) is 4.14. The van der Waals surface area contributed by atoms with Gasteiger partial charge in [-0.25, -0.2) is 0 Å². The van der Waals surface area contributed by atoms with Crippen molar-refractivity contribution in [2.24, 2.45) is 5.92 Å². The van der Waals surface area contributed by atoms with Crippen molar-refractivity contribution in [3.8, 4) is 5.75 Å². The maximum absolute atomic E-state index is 12.7. The van der Waals surface area contributed by atoms with E-state index in [0.717, 1.165) is 19.3 Å². The summed E-state index contributed by atoms with van der Waals surface area (Å²) in [4.78, 5) is 12.7. The third kappa shape index (κ3) is 4.15. The Morgan fingerprint density at radius 2 is 2.12 bits per heavy atom. The van der Waals surface area contributed by atoms with Gasteiger partial charge in [-0.1, -0.05) is 48.7 Å². The minimum atomic E-state index is -0.201. The van der Waals surface area contributed by atoms with E-state index < -0.39 is 0 Å². The summed E-state index contributed by atoms with van der Waals surface area (Å²) in [6, 6.07) is 7.42. The molecule has 0 bridgehead atoms. The minimum absolute atomic E-state index is 0.183. The van der Waals surface area contributed by atoms with Crippen LogP contribution in [-0.2, 0) is 6.61 Å². The van der Waals surface area contributed by atoms with Gasteiger partial charge in [0, 0.05) is 6.04 Å². The van der Waals surface area contributed by atoms with E-state index >= 15 is 0 Å². The number of ether oxygens (including phenoxy) is 1. The van der Waals surface area contributed by atoms with Crippen molar-refractivity contribution in [2.75, 3.05) is 0 Å². The van der Waals surface area contributed by atoms with Crippen LogP contribution < -0.4 is 10.1 Å². The second kappa shape index (κ2) is 7.91. The summed E-state index contributed by atoms with van der Waals surface area (Å²) in [5, 5.41) is 7.57. The average molecular weight is 363 g/mol. The third-order valence-electron chi connectivity index (χ3n) is 4.84. The largest absolute Gasteiger partial charge is 0.487 e. The van der Waals surface area contributed by atoms with E-state index in [1.807, 2.05) is 12.1 Å². The predicted molar refractivity (Wildman–Crippen MR) is 95.9 cm³/mol. The first kappa shape index (κ1) is 17.8. The molecule has 1 amide bonds. The number of aryl methyl sites for hydroxylation is 1. The van der Waals surface area contributed by atoms with Crippen LogP contribution in [0.15, 0.2) is 28.8 Å². The molecule has 1 aliphatic carbocycles. The standard InChI is InChI=1S/C19H23ClN2O3/c1-12-7-3-5-9-16(12)21-19(23)18-14(13(2)25-22-18)11-24-17-10-6-4-8-15(17)20/h4,6,8,10,12,16H,3,5,7,9,11H2,1-2H3,(H,21,23). The van der Waals surface area contributed by atoms with Gasteiger partial charge in [0.15, 0.2) is 5.69 Å². The Morgan fingerprint density at radius 1 is 1.36 bits per heavy atom. The monoisotopic (exact) mass is 362 g/mol. The molecule has 0 saturated heterocycles. The molecule has 1 aromatic carbocycles. The van der Waals surface area contributed by atoms with E-state index in [1.54, 1.807) is 19.1 Å². The van der Waals surface area contributed by atoms with E-state index in [9.17, 15) is 4.79 Å². The Hall–Kier alpha value is -2.01. The molecule has 0 aliphatic heterocycles. The normalized spacial score (nSPS) is 20.3. The number of aromatic nitrogens is 1. The Morgan fingerprint density at radius 3 is 2.88 bits per heavy atom. The highest BCUT2D eigenvalue weighted by Gasteiger charge is 2.27. The fourth-order valence-corrected chi connectivity index (χ4v) is 3.41. The van der Waals surface area contributed by atoms with Crippen LogP contribution in [0.1, 0.15) is 54.4 Å². The van der Waals surface area contributed by atoms with Crippen molar-refractivity contribution < 1.29 is 14.1 Å². The molecule has 2 unspecified atom stereocenters. The zero-order valence-corrected chi connectivity index (χ0v) is 15.3. The molecular weight excluding hydrogens is 340 g/mol. The summed E-state index contributed by atoms with van der Waals surface area (Å²) in [7, 11) is 0. The molecule has 1 heterocycles. The third-order valence-corrected chi connectivity index (χ3v) is 5.15. The van der Waals surface area contributed by atoms with Crippen LogP contribution in [0.25, 0.3) is 0 Å². The number of para-hydroxylation sites is 1. The van der Waals surface area contributed by atoms with Gasteiger partial charge in [-0.15, -0.1) is 0 Å². The highest BCUT2D eigenvalue weighted by Crippen LogP contribution is 2.26. The van der Waals surface area contributed by atoms with Crippen molar-refractivity contribution in [1.29, 1.82) is 0 Å². The zero-order valence-electron chi connectivity index (χ0n) is 14.5. The molecule has 0 spiro atoms. The zero-order chi connectivity index (χ0) is 17.8. The van der Waals surface area contributed by atoms with Gasteiger partial charge in [0.25, 0.3) is 5.91 Å². The Kier molecular flexibility index (Phi) is 5.63. The highest BCUT2D eigenvalue weighted by atomic mass is 35.5. The van der Waals surface area contributed by atoms with Gasteiger partial charge < -0.3 is 14.6 Å². The van der Waals surface area contributed by atoms with E-state index in [-0.39, 0.29) is 18.6 Å². The summed E-state index contributed by atoms with van der Waals surface area (Å²) < 4.78 is 11.0.